The molecule has 1 aromatic heterocycles. The second-order valence-corrected chi connectivity index (χ2v) is 9.64. The SMILES string of the molecule is CC.CC(C)C1C=C(CNc2nc(/N=C3\CC(C4CC4)NN3)cc(OCCN3CCOCC3)n2)ON1. The highest BCUT2D eigenvalue weighted by atomic mass is 16.7. The molecule has 1 aliphatic carbocycles. The molecule has 0 radical (unpaired) electrons. The second kappa shape index (κ2) is 13.2. The van der Waals surface area contributed by atoms with Gasteiger partial charge in [-0.1, -0.05) is 27.7 Å². The normalized spacial score (nSPS) is 25.1. The molecule has 1 saturated carbocycles. The fraction of sp³-hybridized carbons (Fsp3) is 0.720. The molecule has 2 unspecified atom stereocenters. The lowest BCUT2D eigenvalue weighted by atomic mass is 10.1. The van der Waals surface area contributed by atoms with Gasteiger partial charge in [0, 0.05) is 38.2 Å². The van der Waals surface area contributed by atoms with Gasteiger partial charge in [0.1, 0.15) is 18.2 Å². The summed E-state index contributed by atoms with van der Waals surface area (Å²) in [6.45, 7) is 13.6. The zero-order valence-corrected chi connectivity index (χ0v) is 22.0. The number of aromatic nitrogens is 2. The van der Waals surface area contributed by atoms with Crippen LogP contribution in [-0.2, 0) is 9.57 Å². The van der Waals surface area contributed by atoms with Gasteiger partial charge < -0.3 is 25.1 Å². The molecular weight excluding hydrogens is 460 g/mol. The fourth-order valence-electron chi connectivity index (χ4n) is 4.21. The number of hydrazine groups is 1. The summed E-state index contributed by atoms with van der Waals surface area (Å²) in [6, 6.07) is 2.45. The Hall–Kier alpha value is -2.47. The number of amidine groups is 1. The number of morpholine rings is 1. The van der Waals surface area contributed by atoms with E-state index >= 15 is 0 Å². The van der Waals surface area contributed by atoms with Crippen molar-refractivity contribution in [3.05, 3.63) is 17.9 Å². The molecule has 3 fully saturated rings. The predicted octanol–water partition coefficient (Wildman–Crippen LogP) is 2.38. The zero-order chi connectivity index (χ0) is 25.3. The highest BCUT2D eigenvalue weighted by Gasteiger charge is 2.35. The van der Waals surface area contributed by atoms with E-state index < -0.39 is 0 Å². The minimum Gasteiger partial charge on any atom is -0.476 e. The maximum atomic E-state index is 6.01. The average molecular weight is 503 g/mol. The van der Waals surface area contributed by atoms with E-state index in [0.29, 0.717) is 42.8 Å². The minimum atomic E-state index is 0.204. The van der Waals surface area contributed by atoms with Gasteiger partial charge in [-0.15, -0.1) is 5.48 Å². The lowest BCUT2D eigenvalue weighted by Gasteiger charge is -2.26. The summed E-state index contributed by atoms with van der Waals surface area (Å²) in [6.07, 6.45) is 5.56. The Morgan fingerprint density at radius 2 is 2.03 bits per heavy atom. The Kier molecular flexibility index (Phi) is 9.74. The van der Waals surface area contributed by atoms with Crippen LogP contribution in [0.5, 0.6) is 5.88 Å². The monoisotopic (exact) mass is 502 g/mol. The lowest BCUT2D eigenvalue weighted by Crippen LogP contribution is -2.38. The van der Waals surface area contributed by atoms with Gasteiger partial charge in [0.2, 0.25) is 11.8 Å². The summed E-state index contributed by atoms with van der Waals surface area (Å²) in [4.78, 5) is 21.8. The van der Waals surface area contributed by atoms with Crippen molar-refractivity contribution in [2.24, 2.45) is 16.8 Å². The van der Waals surface area contributed by atoms with Gasteiger partial charge in [0.25, 0.3) is 0 Å². The molecule has 11 nitrogen and oxygen atoms in total. The third-order valence-electron chi connectivity index (χ3n) is 6.54. The van der Waals surface area contributed by atoms with Crippen molar-refractivity contribution < 1.29 is 14.3 Å². The molecule has 0 amide bonds. The number of nitrogens with one attached hydrogen (secondary N) is 4. The number of hydrogen-bond donors (Lipinski definition) is 4. The Morgan fingerprint density at radius 3 is 2.75 bits per heavy atom. The summed E-state index contributed by atoms with van der Waals surface area (Å²) >= 11 is 0. The lowest BCUT2D eigenvalue weighted by molar-refractivity contribution is 0.0320. The largest absolute Gasteiger partial charge is 0.476 e. The van der Waals surface area contributed by atoms with Crippen molar-refractivity contribution in [1.82, 2.24) is 31.2 Å². The number of aliphatic imine (C=N–C) groups is 1. The van der Waals surface area contributed by atoms with E-state index in [9.17, 15) is 0 Å². The zero-order valence-electron chi connectivity index (χ0n) is 22.0. The van der Waals surface area contributed by atoms with Gasteiger partial charge in [-0.2, -0.15) is 9.97 Å². The number of hydroxylamine groups is 1. The van der Waals surface area contributed by atoms with Crippen LogP contribution in [0.2, 0.25) is 0 Å². The first-order valence-electron chi connectivity index (χ1n) is 13.4. The van der Waals surface area contributed by atoms with Crippen LogP contribution in [0, 0.1) is 11.8 Å². The maximum Gasteiger partial charge on any atom is 0.228 e. The Morgan fingerprint density at radius 1 is 1.22 bits per heavy atom. The molecule has 0 spiro atoms. The number of rotatable bonds is 10. The third kappa shape index (κ3) is 7.76. The first-order valence-corrected chi connectivity index (χ1v) is 13.4. The predicted molar refractivity (Wildman–Crippen MR) is 140 cm³/mol. The molecule has 2 atom stereocenters. The smallest absolute Gasteiger partial charge is 0.228 e. The topological polar surface area (TPSA) is 117 Å². The molecular formula is C25H42N8O3. The van der Waals surface area contributed by atoms with Crippen molar-refractivity contribution in [3.63, 3.8) is 0 Å². The summed E-state index contributed by atoms with van der Waals surface area (Å²) in [5.74, 6) is 4.46. The summed E-state index contributed by atoms with van der Waals surface area (Å²) in [5, 5.41) is 3.26. The van der Waals surface area contributed by atoms with Crippen LogP contribution in [-0.4, -0.2) is 78.8 Å². The molecule has 0 bridgehead atoms. The summed E-state index contributed by atoms with van der Waals surface area (Å²) < 4.78 is 11.4. The quantitative estimate of drug-likeness (QED) is 0.380. The van der Waals surface area contributed by atoms with Gasteiger partial charge in [-0.25, -0.2) is 10.4 Å². The van der Waals surface area contributed by atoms with Gasteiger partial charge in [0.05, 0.1) is 25.8 Å². The van der Waals surface area contributed by atoms with Crippen molar-refractivity contribution in [1.29, 1.82) is 0 Å². The first kappa shape index (κ1) is 26.6. The van der Waals surface area contributed by atoms with Crippen LogP contribution in [0.4, 0.5) is 11.8 Å². The number of nitrogens with zero attached hydrogens (tertiary/aromatic N) is 4. The Bertz CT molecular complexity index is 899. The Balaban J connectivity index is 0.00000148. The second-order valence-electron chi connectivity index (χ2n) is 9.64. The number of ether oxygens (including phenoxy) is 2. The van der Waals surface area contributed by atoms with Gasteiger partial charge >= 0.3 is 0 Å². The molecule has 1 aromatic rings. The molecule has 11 heteroatoms. The Labute approximate surface area is 214 Å². The minimum absolute atomic E-state index is 0.204. The fourth-order valence-corrected chi connectivity index (χ4v) is 4.21. The highest BCUT2D eigenvalue weighted by molar-refractivity contribution is 5.86. The van der Waals surface area contributed by atoms with Crippen LogP contribution < -0.4 is 26.4 Å². The van der Waals surface area contributed by atoms with Crippen LogP contribution in [0.25, 0.3) is 0 Å². The van der Waals surface area contributed by atoms with E-state index in [-0.39, 0.29) is 6.04 Å². The average Bonchev–Trinajstić information content (AvgIpc) is 3.44. The van der Waals surface area contributed by atoms with Crippen molar-refractivity contribution in [3.8, 4) is 5.88 Å². The standard InChI is InChI=1S/C23H36N8O3.C2H6/c1-15(2)18-11-17(34-30-18)14-24-23-26-20(25-21-12-19(28-29-21)16-3-4-16)13-22(27-23)33-10-7-31-5-8-32-9-6-31;1-2/h11,13,15-16,18-19,28,30H,3-10,12,14H2,1-2H3,(H2,24,25,26,27,29);1-2H3. The van der Waals surface area contributed by atoms with Crippen LogP contribution >= 0.6 is 0 Å². The highest BCUT2D eigenvalue weighted by Crippen LogP contribution is 2.35. The van der Waals surface area contributed by atoms with E-state index in [4.69, 9.17) is 19.3 Å². The maximum absolute atomic E-state index is 6.01. The van der Waals surface area contributed by atoms with Gasteiger partial charge in [-0.3, -0.25) is 4.90 Å². The number of anilines is 1. The molecule has 4 aliphatic rings. The molecule has 0 aromatic carbocycles. The molecule has 2 saturated heterocycles. The first-order chi connectivity index (χ1) is 17.6. The molecule has 3 aliphatic heterocycles. The van der Waals surface area contributed by atoms with Gasteiger partial charge in [-0.05, 0) is 30.8 Å². The summed E-state index contributed by atoms with van der Waals surface area (Å²) in [5.41, 5.74) is 9.60. The van der Waals surface area contributed by atoms with E-state index in [1.54, 1.807) is 6.07 Å². The molecule has 4 heterocycles. The van der Waals surface area contributed by atoms with E-state index in [1.807, 2.05) is 13.8 Å². The summed E-state index contributed by atoms with van der Waals surface area (Å²) in [7, 11) is 0. The molecule has 5 rings (SSSR count). The third-order valence-corrected chi connectivity index (χ3v) is 6.54. The molecule has 200 valence electrons. The van der Waals surface area contributed by atoms with Crippen LogP contribution in [0.3, 0.4) is 0 Å². The van der Waals surface area contributed by atoms with E-state index in [2.05, 4.69) is 56.4 Å². The van der Waals surface area contributed by atoms with E-state index in [1.165, 1.54) is 12.8 Å². The van der Waals surface area contributed by atoms with Gasteiger partial charge in [0.15, 0.2) is 5.82 Å². The molecule has 4 N–H and O–H groups in total. The van der Waals surface area contributed by atoms with E-state index in [0.717, 1.165) is 56.8 Å². The van der Waals surface area contributed by atoms with Crippen molar-refractivity contribution in [2.45, 2.75) is 59.0 Å². The molecule has 36 heavy (non-hydrogen) atoms. The number of hydrogen-bond acceptors (Lipinski definition) is 10. The van der Waals surface area contributed by atoms with Crippen molar-refractivity contribution in [2.75, 3.05) is 51.3 Å². The van der Waals surface area contributed by atoms with Crippen LogP contribution in [0.15, 0.2) is 22.9 Å². The van der Waals surface area contributed by atoms with Crippen LogP contribution in [0.1, 0.15) is 47.0 Å². The van der Waals surface area contributed by atoms with Crippen molar-refractivity contribution >= 4 is 17.6 Å².